The molecule has 6 heteroatoms. The first-order chi connectivity index (χ1) is 12.1. The highest BCUT2D eigenvalue weighted by Crippen LogP contribution is 2.16. The lowest BCUT2D eigenvalue weighted by atomic mass is 10.1. The number of aryl methyl sites for hydroxylation is 2. The zero-order valence-electron chi connectivity index (χ0n) is 15.0. The summed E-state index contributed by atoms with van der Waals surface area (Å²) in [7, 11) is 0. The number of aromatic nitrogens is 1. The summed E-state index contributed by atoms with van der Waals surface area (Å²) in [6, 6.07) is 9.62. The van der Waals surface area contributed by atoms with E-state index in [0.29, 0.717) is 13.2 Å². The van der Waals surface area contributed by atoms with Crippen LogP contribution in [-0.4, -0.2) is 65.5 Å². The number of piperazine rings is 1. The molecule has 1 aliphatic heterocycles. The molecule has 25 heavy (non-hydrogen) atoms. The van der Waals surface area contributed by atoms with Crippen LogP contribution in [0.25, 0.3) is 0 Å². The first kappa shape index (κ1) is 17.9. The maximum atomic E-state index is 10.2. The van der Waals surface area contributed by atoms with Gasteiger partial charge < -0.3 is 14.4 Å². The lowest BCUT2D eigenvalue weighted by Crippen LogP contribution is -2.48. The minimum Gasteiger partial charge on any atom is -0.491 e. The van der Waals surface area contributed by atoms with Crippen molar-refractivity contribution in [3.63, 3.8) is 0 Å². The van der Waals surface area contributed by atoms with E-state index in [1.807, 2.05) is 44.2 Å². The molecule has 3 rings (SSSR count). The highest BCUT2D eigenvalue weighted by molar-refractivity contribution is 5.21. The van der Waals surface area contributed by atoms with Gasteiger partial charge in [0.1, 0.15) is 24.2 Å². The van der Waals surface area contributed by atoms with Crippen molar-refractivity contribution in [3.05, 3.63) is 47.3 Å². The van der Waals surface area contributed by atoms with Crippen molar-refractivity contribution in [1.29, 1.82) is 0 Å². The van der Waals surface area contributed by atoms with Crippen LogP contribution in [0.4, 0.5) is 0 Å². The third-order valence-electron chi connectivity index (χ3n) is 4.68. The monoisotopic (exact) mass is 345 g/mol. The van der Waals surface area contributed by atoms with E-state index >= 15 is 0 Å². The highest BCUT2D eigenvalue weighted by Gasteiger charge is 2.21. The Morgan fingerprint density at radius 2 is 1.80 bits per heavy atom. The van der Waals surface area contributed by atoms with E-state index in [9.17, 15) is 5.11 Å². The number of aliphatic hydroxyl groups is 1. The Balaban J connectivity index is 1.39. The Labute approximate surface area is 149 Å². The van der Waals surface area contributed by atoms with Crippen molar-refractivity contribution >= 4 is 0 Å². The number of nitrogens with zero attached hydrogens (tertiary/aromatic N) is 3. The number of aliphatic hydroxyl groups excluding tert-OH is 1. The number of ether oxygens (including phenoxy) is 1. The molecule has 0 spiro atoms. The second-order valence-electron chi connectivity index (χ2n) is 6.66. The van der Waals surface area contributed by atoms with Gasteiger partial charge in [0.2, 0.25) is 0 Å². The van der Waals surface area contributed by atoms with E-state index in [2.05, 4.69) is 15.0 Å². The molecule has 1 atom stereocenters. The van der Waals surface area contributed by atoms with E-state index in [0.717, 1.165) is 49.9 Å². The molecule has 1 aromatic carbocycles. The Morgan fingerprint density at radius 3 is 2.44 bits per heavy atom. The molecular weight excluding hydrogens is 318 g/mol. The summed E-state index contributed by atoms with van der Waals surface area (Å²) in [5.74, 6) is 1.71. The summed E-state index contributed by atoms with van der Waals surface area (Å²) in [4.78, 5) is 4.71. The number of hydrogen-bond donors (Lipinski definition) is 1. The highest BCUT2D eigenvalue weighted by atomic mass is 16.5. The molecule has 1 saturated heterocycles. The van der Waals surface area contributed by atoms with Crippen molar-refractivity contribution in [2.24, 2.45) is 0 Å². The molecule has 0 aliphatic carbocycles. The Bertz CT molecular complexity index is 632. The van der Waals surface area contributed by atoms with Crippen molar-refractivity contribution in [3.8, 4) is 5.75 Å². The molecule has 6 nitrogen and oxygen atoms in total. The molecule has 1 N–H and O–H groups in total. The van der Waals surface area contributed by atoms with E-state index in [1.54, 1.807) is 0 Å². The third kappa shape index (κ3) is 5.04. The van der Waals surface area contributed by atoms with Gasteiger partial charge in [-0.1, -0.05) is 23.4 Å². The number of β-amino-alcohol motifs (C(OH)–C–C–N with tert-alkyl or cyclic N) is 1. The van der Waals surface area contributed by atoms with Crippen molar-refractivity contribution in [1.82, 2.24) is 15.0 Å². The maximum Gasteiger partial charge on any atom is 0.138 e. The molecule has 0 radical (unpaired) electrons. The van der Waals surface area contributed by atoms with Crippen molar-refractivity contribution in [2.45, 2.75) is 26.5 Å². The zero-order chi connectivity index (χ0) is 17.6. The van der Waals surface area contributed by atoms with Crippen LogP contribution in [-0.2, 0) is 6.54 Å². The van der Waals surface area contributed by atoms with E-state index in [-0.39, 0.29) is 0 Å². The van der Waals surface area contributed by atoms with Crippen LogP contribution in [0.5, 0.6) is 5.75 Å². The molecule has 0 unspecified atom stereocenters. The molecule has 2 heterocycles. The van der Waals surface area contributed by atoms with E-state index in [1.165, 1.54) is 5.56 Å². The van der Waals surface area contributed by atoms with Crippen molar-refractivity contribution in [2.75, 3.05) is 39.3 Å². The second kappa shape index (κ2) is 8.47. The molecule has 2 aromatic rings. The van der Waals surface area contributed by atoms with Crippen LogP contribution in [0.2, 0.25) is 0 Å². The van der Waals surface area contributed by atoms with Crippen LogP contribution < -0.4 is 4.74 Å². The van der Waals surface area contributed by atoms with Gasteiger partial charge in [-0.2, -0.15) is 0 Å². The molecule has 1 fully saturated rings. The first-order valence-electron chi connectivity index (χ1n) is 8.84. The average Bonchev–Trinajstić information content (AvgIpc) is 2.94. The predicted molar refractivity (Wildman–Crippen MR) is 95.6 cm³/mol. The largest absolute Gasteiger partial charge is 0.491 e. The lowest BCUT2D eigenvalue weighted by molar-refractivity contribution is 0.0445. The summed E-state index contributed by atoms with van der Waals surface area (Å²) in [6.07, 6.45) is -0.477. The number of rotatable bonds is 7. The SMILES string of the molecule is Cc1noc(C)c1CN1CCN(C[C@@H](O)COc2ccccc2)CC1. The van der Waals surface area contributed by atoms with Gasteiger partial charge in [0.15, 0.2) is 0 Å². The normalized spacial score (nSPS) is 17.6. The van der Waals surface area contributed by atoms with Crippen LogP contribution in [0, 0.1) is 13.8 Å². The van der Waals surface area contributed by atoms with Gasteiger partial charge in [-0.25, -0.2) is 0 Å². The van der Waals surface area contributed by atoms with Gasteiger partial charge in [0.05, 0.1) is 5.69 Å². The molecule has 1 aromatic heterocycles. The fraction of sp³-hybridized carbons (Fsp3) is 0.526. The number of hydrogen-bond acceptors (Lipinski definition) is 6. The zero-order valence-corrected chi connectivity index (χ0v) is 15.0. The van der Waals surface area contributed by atoms with Crippen LogP contribution >= 0.6 is 0 Å². The smallest absolute Gasteiger partial charge is 0.138 e. The summed E-state index contributed by atoms with van der Waals surface area (Å²) in [5, 5.41) is 14.2. The number of para-hydroxylation sites is 1. The molecule has 136 valence electrons. The van der Waals surface area contributed by atoms with E-state index in [4.69, 9.17) is 9.26 Å². The molecule has 0 saturated carbocycles. The second-order valence-corrected chi connectivity index (χ2v) is 6.66. The predicted octanol–water partition coefficient (Wildman–Crippen LogP) is 1.85. The van der Waals surface area contributed by atoms with E-state index < -0.39 is 6.10 Å². The molecule has 0 amide bonds. The van der Waals surface area contributed by atoms with Gasteiger partial charge in [-0.3, -0.25) is 9.80 Å². The Morgan fingerprint density at radius 1 is 1.12 bits per heavy atom. The third-order valence-corrected chi connectivity index (χ3v) is 4.68. The van der Waals surface area contributed by atoms with Gasteiger partial charge in [0, 0.05) is 44.8 Å². The van der Waals surface area contributed by atoms with Crippen LogP contribution in [0.15, 0.2) is 34.9 Å². The fourth-order valence-corrected chi connectivity index (χ4v) is 3.14. The topological polar surface area (TPSA) is 62.0 Å². The van der Waals surface area contributed by atoms with Gasteiger partial charge in [0.25, 0.3) is 0 Å². The van der Waals surface area contributed by atoms with Gasteiger partial charge >= 0.3 is 0 Å². The minimum absolute atomic E-state index is 0.323. The average molecular weight is 345 g/mol. The molecule has 1 aliphatic rings. The Hall–Kier alpha value is -1.89. The summed E-state index contributed by atoms with van der Waals surface area (Å²) in [5.41, 5.74) is 2.18. The first-order valence-corrected chi connectivity index (χ1v) is 8.84. The van der Waals surface area contributed by atoms with Crippen LogP contribution in [0.3, 0.4) is 0 Å². The molecular formula is C19H27N3O3. The van der Waals surface area contributed by atoms with Crippen LogP contribution in [0.1, 0.15) is 17.0 Å². The lowest BCUT2D eigenvalue weighted by Gasteiger charge is -2.35. The number of benzene rings is 1. The maximum absolute atomic E-state index is 10.2. The molecule has 0 bridgehead atoms. The summed E-state index contributed by atoms with van der Waals surface area (Å²) >= 11 is 0. The van der Waals surface area contributed by atoms with Gasteiger partial charge in [-0.15, -0.1) is 0 Å². The quantitative estimate of drug-likeness (QED) is 0.826. The summed E-state index contributed by atoms with van der Waals surface area (Å²) in [6.45, 7) is 9.67. The standard InChI is InChI=1S/C19H27N3O3/c1-15-19(16(2)25-20-15)13-22-10-8-21(9-11-22)12-17(23)14-24-18-6-4-3-5-7-18/h3-7,17,23H,8-14H2,1-2H3/t17-/m1/s1. The Kier molecular flexibility index (Phi) is 6.07. The van der Waals surface area contributed by atoms with Crippen molar-refractivity contribution < 1.29 is 14.4 Å². The summed E-state index contributed by atoms with van der Waals surface area (Å²) < 4.78 is 10.9. The minimum atomic E-state index is -0.477. The van der Waals surface area contributed by atoms with Gasteiger partial charge in [-0.05, 0) is 26.0 Å². The fourth-order valence-electron chi connectivity index (χ4n) is 3.14.